The SMILES string of the molecule is CC1(C)CC(NC(=O)C(=O)Cc2ccc(Cl)c(F)c2)CC(C)(C)N1CCCO. The lowest BCUT2D eigenvalue weighted by molar-refractivity contribution is -0.139. The predicted octanol–water partition coefficient (Wildman–Crippen LogP) is 3.11. The van der Waals surface area contributed by atoms with Crippen molar-refractivity contribution in [3.05, 3.63) is 34.6 Å². The summed E-state index contributed by atoms with van der Waals surface area (Å²) in [4.78, 5) is 27.1. The molecule has 1 saturated heterocycles. The second kappa shape index (κ2) is 8.89. The number of Topliss-reactive ketones (excluding diaryl/α,β-unsaturated/α-hetero) is 1. The summed E-state index contributed by atoms with van der Waals surface area (Å²) >= 11 is 5.65. The number of hydrogen-bond acceptors (Lipinski definition) is 4. The maximum Gasteiger partial charge on any atom is 0.287 e. The number of amides is 1. The number of likely N-dealkylation sites (tertiary alicyclic amines) is 1. The van der Waals surface area contributed by atoms with Gasteiger partial charge in [-0.25, -0.2) is 4.39 Å². The van der Waals surface area contributed by atoms with Crippen molar-refractivity contribution in [3.63, 3.8) is 0 Å². The first-order valence-corrected chi connectivity index (χ1v) is 10.0. The van der Waals surface area contributed by atoms with Crippen LogP contribution in [-0.2, 0) is 16.0 Å². The topological polar surface area (TPSA) is 69.6 Å². The van der Waals surface area contributed by atoms with E-state index in [1.54, 1.807) is 6.07 Å². The summed E-state index contributed by atoms with van der Waals surface area (Å²) in [6, 6.07) is 3.97. The first-order chi connectivity index (χ1) is 13.0. The fourth-order valence-corrected chi connectivity index (χ4v) is 4.55. The standard InChI is InChI=1S/C21H30ClFN2O3/c1-20(2)12-15(13-21(3,4)25(20)8-5-9-26)24-19(28)18(27)11-14-6-7-16(22)17(23)10-14/h6-7,10,15,26H,5,8-9,11-13H2,1-4H3,(H,24,28). The van der Waals surface area contributed by atoms with Crippen LogP contribution < -0.4 is 5.32 Å². The van der Waals surface area contributed by atoms with Crippen molar-refractivity contribution in [2.24, 2.45) is 0 Å². The molecule has 1 aromatic carbocycles. The Morgan fingerprint density at radius 3 is 2.39 bits per heavy atom. The van der Waals surface area contributed by atoms with Crippen LogP contribution in [0.2, 0.25) is 5.02 Å². The van der Waals surface area contributed by atoms with Gasteiger partial charge < -0.3 is 10.4 Å². The minimum absolute atomic E-state index is 0.0157. The van der Waals surface area contributed by atoms with Crippen LogP contribution in [0.5, 0.6) is 0 Å². The van der Waals surface area contributed by atoms with E-state index in [0.717, 1.165) is 6.54 Å². The van der Waals surface area contributed by atoms with E-state index in [2.05, 4.69) is 37.9 Å². The van der Waals surface area contributed by atoms with Crippen LogP contribution in [-0.4, -0.2) is 52.0 Å². The van der Waals surface area contributed by atoms with E-state index in [4.69, 9.17) is 11.6 Å². The van der Waals surface area contributed by atoms with Crippen LogP contribution in [0.15, 0.2) is 18.2 Å². The number of benzene rings is 1. The molecule has 1 heterocycles. The molecule has 0 bridgehead atoms. The van der Waals surface area contributed by atoms with E-state index >= 15 is 0 Å². The molecule has 5 nitrogen and oxygen atoms in total. The average Bonchev–Trinajstić information content (AvgIpc) is 2.56. The zero-order chi connectivity index (χ0) is 21.1. The van der Waals surface area contributed by atoms with Gasteiger partial charge in [-0.1, -0.05) is 17.7 Å². The molecule has 2 N–H and O–H groups in total. The second-order valence-electron chi connectivity index (χ2n) is 8.78. The van der Waals surface area contributed by atoms with Gasteiger partial charge in [0.05, 0.1) is 5.02 Å². The van der Waals surface area contributed by atoms with Gasteiger partial charge in [0.15, 0.2) is 0 Å². The van der Waals surface area contributed by atoms with Gasteiger partial charge in [0.2, 0.25) is 5.78 Å². The predicted molar refractivity (Wildman–Crippen MR) is 108 cm³/mol. The fourth-order valence-electron chi connectivity index (χ4n) is 4.44. The molecular weight excluding hydrogens is 383 g/mol. The Morgan fingerprint density at radius 1 is 1.25 bits per heavy atom. The first kappa shape index (κ1) is 22.8. The number of carbonyl (C=O) groups excluding carboxylic acids is 2. The normalized spacial score (nSPS) is 19.4. The molecule has 1 fully saturated rings. The molecule has 1 aliphatic rings. The second-order valence-corrected chi connectivity index (χ2v) is 9.19. The number of nitrogens with zero attached hydrogens (tertiary/aromatic N) is 1. The number of aliphatic hydroxyl groups excluding tert-OH is 1. The molecule has 1 aliphatic heterocycles. The highest BCUT2D eigenvalue weighted by Gasteiger charge is 2.45. The number of hydrogen-bond donors (Lipinski definition) is 2. The Bertz CT molecular complexity index is 718. The molecule has 1 amide bonds. The third-order valence-electron chi connectivity index (χ3n) is 5.43. The number of ketones is 1. The molecule has 156 valence electrons. The molecule has 0 aliphatic carbocycles. The molecule has 0 atom stereocenters. The third-order valence-corrected chi connectivity index (χ3v) is 5.74. The van der Waals surface area contributed by atoms with Gasteiger partial charge in [-0.3, -0.25) is 14.5 Å². The van der Waals surface area contributed by atoms with Gasteiger partial charge in [0.1, 0.15) is 5.82 Å². The molecule has 0 saturated carbocycles. The smallest absolute Gasteiger partial charge is 0.287 e. The Morgan fingerprint density at radius 2 is 1.86 bits per heavy atom. The van der Waals surface area contributed by atoms with Crippen molar-refractivity contribution in [2.75, 3.05) is 13.2 Å². The van der Waals surface area contributed by atoms with Crippen LogP contribution in [0.25, 0.3) is 0 Å². The van der Waals surface area contributed by atoms with E-state index < -0.39 is 17.5 Å². The average molecular weight is 413 g/mol. The molecule has 7 heteroatoms. The summed E-state index contributed by atoms with van der Waals surface area (Å²) in [6.07, 6.45) is 1.94. The van der Waals surface area contributed by atoms with Gasteiger partial charge in [-0.15, -0.1) is 0 Å². The van der Waals surface area contributed by atoms with Crippen molar-refractivity contribution < 1.29 is 19.1 Å². The quantitative estimate of drug-likeness (QED) is 0.675. The highest BCUT2D eigenvalue weighted by atomic mass is 35.5. The largest absolute Gasteiger partial charge is 0.396 e. The molecule has 2 rings (SSSR count). The third kappa shape index (κ3) is 5.52. The molecular formula is C21H30ClFN2O3. The zero-order valence-electron chi connectivity index (χ0n) is 17.0. The van der Waals surface area contributed by atoms with Crippen LogP contribution in [0, 0.1) is 5.82 Å². The molecule has 0 radical (unpaired) electrons. The summed E-state index contributed by atoms with van der Waals surface area (Å²) in [5, 5.41) is 12.0. The Hall–Kier alpha value is -1.50. The Kier molecular flexibility index (Phi) is 7.23. The van der Waals surface area contributed by atoms with E-state index in [0.29, 0.717) is 24.8 Å². The zero-order valence-corrected chi connectivity index (χ0v) is 17.8. The Labute approximate surface area is 171 Å². The number of carbonyl (C=O) groups is 2. The maximum atomic E-state index is 13.5. The van der Waals surface area contributed by atoms with Crippen LogP contribution >= 0.6 is 11.6 Å². The minimum atomic E-state index is -0.643. The highest BCUT2D eigenvalue weighted by molar-refractivity contribution is 6.36. The van der Waals surface area contributed by atoms with E-state index in [9.17, 15) is 19.1 Å². The van der Waals surface area contributed by atoms with Crippen molar-refractivity contribution >= 4 is 23.3 Å². The van der Waals surface area contributed by atoms with E-state index in [1.807, 2.05) is 0 Å². The molecule has 28 heavy (non-hydrogen) atoms. The molecule has 0 spiro atoms. The van der Waals surface area contributed by atoms with Crippen LogP contribution in [0.1, 0.15) is 52.5 Å². The molecule has 0 unspecified atom stereocenters. The first-order valence-electron chi connectivity index (χ1n) is 9.62. The van der Waals surface area contributed by atoms with Crippen molar-refractivity contribution in [2.45, 2.75) is 70.5 Å². The number of halogens is 2. The van der Waals surface area contributed by atoms with Gasteiger partial charge >= 0.3 is 0 Å². The summed E-state index contributed by atoms with van der Waals surface area (Å²) < 4.78 is 13.5. The summed E-state index contributed by atoms with van der Waals surface area (Å²) in [7, 11) is 0. The summed E-state index contributed by atoms with van der Waals surface area (Å²) in [5.41, 5.74) is 0.0515. The maximum absolute atomic E-state index is 13.5. The Balaban J connectivity index is 2.01. The lowest BCUT2D eigenvalue weighted by atomic mass is 9.76. The van der Waals surface area contributed by atoms with E-state index in [-0.39, 0.29) is 35.2 Å². The fraction of sp³-hybridized carbons (Fsp3) is 0.619. The summed E-state index contributed by atoms with van der Waals surface area (Å²) in [5.74, 6) is -1.85. The number of piperidine rings is 1. The number of rotatable bonds is 7. The van der Waals surface area contributed by atoms with Crippen LogP contribution in [0.3, 0.4) is 0 Å². The minimum Gasteiger partial charge on any atom is -0.396 e. The van der Waals surface area contributed by atoms with Crippen molar-refractivity contribution in [3.8, 4) is 0 Å². The van der Waals surface area contributed by atoms with Gasteiger partial charge in [0, 0.05) is 36.7 Å². The van der Waals surface area contributed by atoms with E-state index in [1.165, 1.54) is 12.1 Å². The van der Waals surface area contributed by atoms with Gasteiger partial charge in [-0.2, -0.15) is 0 Å². The highest BCUT2D eigenvalue weighted by Crippen LogP contribution is 2.38. The lowest BCUT2D eigenvalue weighted by Gasteiger charge is -2.55. The van der Waals surface area contributed by atoms with Crippen molar-refractivity contribution in [1.29, 1.82) is 0 Å². The number of aliphatic hydroxyl groups is 1. The summed E-state index contributed by atoms with van der Waals surface area (Å²) in [6.45, 7) is 9.37. The number of nitrogens with one attached hydrogen (secondary N) is 1. The van der Waals surface area contributed by atoms with Gasteiger partial charge in [0.25, 0.3) is 5.91 Å². The lowest BCUT2D eigenvalue weighted by Crippen LogP contribution is -2.64. The van der Waals surface area contributed by atoms with Crippen LogP contribution in [0.4, 0.5) is 4.39 Å². The molecule has 1 aromatic rings. The van der Waals surface area contributed by atoms with Gasteiger partial charge in [-0.05, 0) is 64.7 Å². The van der Waals surface area contributed by atoms with Crippen molar-refractivity contribution in [1.82, 2.24) is 10.2 Å². The molecule has 0 aromatic heterocycles. The monoisotopic (exact) mass is 412 g/mol.